The van der Waals surface area contributed by atoms with E-state index in [1.54, 1.807) is 12.1 Å². The summed E-state index contributed by atoms with van der Waals surface area (Å²) in [6.45, 7) is 0.327. The zero-order valence-corrected chi connectivity index (χ0v) is 19.6. The molecular formula is C23H20F7N3O2S. The van der Waals surface area contributed by atoms with E-state index in [2.05, 4.69) is 5.10 Å². The highest BCUT2D eigenvalue weighted by Gasteiger charge is 2.63. The van der Waals surface area contributed by atoms with Gasteiger partial charge in [0.15, 0.2) is 0 Å². The molecule has 0 bridgehead atoms. The predicted molar refractivity (Wildman–Crippen MR) is 120 cm³/mol. The van der Waals surface area contributed by atoms with E-state index >= 15 is 0 Å². The maximum atomic E-state index is 14.6. The molecule has 0 spiro atoms. The van der Waals surface area contributed by atoms with Crippen molar-refractivity contribution in [2.24, 2.45) is 5.10 Å². The topological polar surface area (TPSA) is 53.0 Å². The number of rotatable bonds is 5. The lowest BCUT2D eigenvalue weighted by Gasteiger charge is -2.26. The largest absolute Gasteiger partial charge is 0.459 e. The van der Waals surface area contributed by atoms with Gasteiger partial charge in [0.1, 0.15) is 17.3 Å². The van der Waals surface area contributed by atoms with E-state index in [-0.39, 0.29) is 24.3 Å². The number of hydrogen-bond acceptors (Lipinski definition) is 4. The standard InChI is InChI=1S/C23H20F7N3O2S/c1-36(34,35)32-9-7-14(8-10-32)15-3-2-4-17(11-15)33-20(18-6-5-16(24)12-19(18)25)13-21(31-33)22(26,27)23(28,29)30/h2-7,11-12,20H,8-10,13H2,1H3. The minimum atomic E-state index is -5.91. The van der Waals surface area contributed by atoms with Crippen molar-refractivity contribution in [3.8, 4) is 0 Å². The van der Waals surface area contributed by atoms with Gasteiger partial charge in [0, 0.05) is 31.1 Å². The fourth-order valence-electron chi connectivity index (χ4n) is 4.18. The maximum Gasteiger partial charge on any atom is 0.459 e. The molecule has 2 aliphatic rings. The zero-order chi connectivity index (χ0) is 26.5. The summed E-state index contributed by atoms with van der Waals surface area (Å²) >= 11 is 0. The number of nitrogens with zero attached hydrogens (tertiary/aromatic N) is 3. The van der Waals surface area contributed by atoms with Gasteiger partial charge in [-0.05, 0) is 35.8 Å². The monoisotopic (exact) mass is 535 g/mol. The third-order valence-electron chi connectivity index (χ3n) is 6.07. The summed E-state index contributed by atoms with van der Waals surface area (Å²) in [5.74, 6) is -7.30. The normalized spacial score (nSPS) is 19.9. The molecule has 0 saturated carbocycles. The van der Waals surface area contributed by atoms with E-state index in [1.807, 2.05) is 0 Å². The van der Waals surface area contributed by atoms with Crippen LogP contribution < -0.4 is 5.01 Å². The van der Waals surface area contributed by atoms with Crippen molar-refractivity contribution in [1.29, 1.82) is 0 Å². The van der Waals surface area contributed by atoms with Gasteiger partial charge in [0.2, 0.25) is 10.0 Å². The van der Waals surface area contributed by atoms with Crippen LogP contribution in [-0.4, -0.2) is 49.9 Å². The van der Waals surface area contributed by atoms with Crippen LogP contribution in [0.3, 0.4) is 0 Å². The molecule has 36 heavy (non-hydrogen) atoms. The van der Waals surface area contributed by atoms with Gasteiger partial charge in [-0.1, -0.05) is 24.3 Å². The molecule has 0 saturated heterocycles. The Bertz CT molecular complexity index is 1340. The summed E-state index contributed by atoms with van der Waals surface area (Å²) < 4.78 is 120. The molecule has 2 heterocycles. The Balaban J connectivity index is 1.74. The number of halogens is 7. The Morgan fingerprint density at radius 3 is 2.33 bits per heavy atom. The van der Waals surface area contributed by atoms with Crippen LogP contribution in [-0.2, 0) is 10.0 Å². The lowest BCUT2D eigenvalue weighted by molar-refractivity contribution is -0.249. The number of alkyl halides is 5. The fourth-order valence-corrected chi connectivity index (χ4v) is 4.95. The molecule has 13 heteroatoms. The molecule has 194 valence electrons. The average Bonchev–Trinajstić information content (AvgIpc) is 3.24. The second-order valence-corrected chi connectivity index (χ2v) is 10.5. The SMILES string of the molecule is CS(=O)(=O)N1CC=C(c2cccc(N3N=C(C(F)(F)C(F)(F)F)CC3c3ccc(F)cc3F)c2)CC1. The Hall–Kier alpha value is -2.93. The van der Waals surface area contributed by atoms with Crippen molar-refractivity contribution in [3.63, 3.8) is 0 Å². The Morgan fingerprint density at radius 2 is 1.75 bits per heavy atom. The van der Waals surface area contributed by atoms with Crippen LogP contribution in [0.2, 0.25) is 0 Å². The van der Waals surface area contributed by atoms with Crippen molar-refractivity contribution in [3.05, 3.63) is 71.3 Å². The van der Waals surface area contributed by atoms with Crippen LogP contribution >= 0.6 is 0 Å². The third kappa shape index (κ3) is 4.99. The molecule has 0 aliphatic carbocycles. The molecule has 0 aromatic heterocycles. The molecule has 0 N–H and O–H groups in total. The first-order valence-electron chi connectivity index (χ1n) is 10.7. The molecule has 2 aromatic carbocycles. The maximum absolute atomic E-state index is 14.6. The van der Waals surface area contributed by atoms with Crippen molar-refractivity contribution in [1.82, 2.24) is 4.31 Å². The third-order valence-corrected chi connectivity index (χ3v) is 7.34. The summed E-state index contributed by atoms with van der Waals surface area (Å²) in [4.78, 5) is 0. The summed E-state index contributed by atoms with van der Waals surface area (Å²) in [7, 11) is -3.39. The molecule has 1 unspecified atom stereocenters. The van der Waals surface area contributed by atoms with E-state index < -0.39 is 51.9 Å². The average molecular weight is 535 g/mol. The fraction of sp³-hybridized carbons (Fsp3) is 0.348. The Labute approximate surface area is 202 Å². The van der Waals surface area contributed by atoms with E-state index in [1.165, 1.54) is 22.5 Å². The van der Waals surface area contributed by atoms with Gasteiger partial charge >= 0.3 is 12.1 Å². The van der Waals surface area contributed by atoms with Gasteiger partial charge in [-0.3, -0.25) is 5.01 Å². The van der Waals surface area contributed by atoms with Crippen LogP contribution in [0.1, 0.15) is 30.0 Å². The van der Waals surface area contributed by atoms with Gasteiger partial charge in [-0.15, -0.1) is 0 Å². The molecule has 2 aromatic rings. The molecule has 0 fully saturated rings. The van der Waals surface area contributed by atoms with Gasteiger partial charge in [0.05, 0.1) is 18.0 Å². The van der Waals surface area contributed by atoms with Crippen LogP contribution in [0.4, 0.5) is 36.4 Å². The van der Waals surface area contributed by atoms with Crippen LogP contribution in [0.25, 0.3) is 5.57 Å². The highest BCUT2D eigenvalue weighted by molar-refractivity contribution is 7.88. The summed E-state index contributed by atoms with van der Waals surface area (Å²) in [5.41, 5.74) is -0.356. The second-order valence-electron chi connectivity index (χ2n) is 8.50. The van der Waals surface area contributed by atoms with Crippen molar-refractivity contribution in [2.75, 3.05) is 24.4 Å². The number of hydrazone groups is 1. The minimum Gasteiger partial charge on any atom is -0.257 e. The highest BCUT2D eigenvalue weighted by Crippen LogP contribution is 2.45. The van der Waals surface area contributed by atoms with Crippen LogP contribution in [0, 0.1) is 11.6 Å². The molecule has 1 atom stereocenters. The van der Waals surface area contributed by atoms with Crippen molar-refractivity contribution < 1.29 is 39.2 Å². The molecule has 0 amide bonds. The predicted octanol–water partition coefficient (Wildman–Crippen LogP) is 5.52. The molecule has 2 aliphatic heterocycles. The van der Waals surface area contributed by atoms with E-state index in [0.717, 1.165) is 29.0 Å². The minimum absolute atomic E-state index is 0.112. The van der Waals surface area contributed by atoms with Crippen molar-refractivity contribution in [2.45, 2.75) is 31.0 Å². The number of sulfonamides is 1. The van der Waals surface area contributed by atoms with E-state index in [0.29, 0.717) is 18.1 Å². The molecule has 4 rings (SSSR count). The second kappa shape index (κ2) is 9.18. The Kier molecular flexibility index (Phi) is 6.67. The van der Waals surface area contributed by atoms with Crippen molar-refractivity contribution >= 4 is 27.0 Å². The Morgan fingerprint density at radius 1 is 1.03 bits per heavy atom. The summed E-state index contributed by atoms with van der Waals surface area (Å²) in [6.07, 6.45) is -3.75. The first kappa shape index (κ1) is 26.1. The molecule has 0 radical (unpaired) electrons. The van der Waals surface area contributed by atoms with E-state index in [9.17, 15) is 39.2 Å². The smallest absolute Gasteiger partial charge is 0.257 e. The molecular weight excluding hydrogens is 515 g/mol. The summed E-state index contributed by atoms with van der Waals surface area (Å²) in [5, 5.41) is 4.44. The van der Waals surface area contributed by atoms with E-state index in [4.69, 9.17) is 0 Å². The molecule has 5 nitrogen and oxygen atoms in total. The summed E-state index contributed by atoms with van der Waals surface area (Å²) in [6, 6.07) is 7.12. The van der Waals surface area contributed by atoms with Gasteiger partial charge < -0.3 is 0 Å². The quantitative estimate of drug-likeness (QED) is 0.474. The van der Waals surface area contributed by atoms with Gasteiger partial charge in [0.25, 0.3) is 0 Å². The number of anilines is 1. The zero-order valence-electron chi connectivity index (χ0n) is 18.7. The first-order valence-corrected chi connectivity index (χ1v) is 12.5. The first-order chi connectivity index (χ1) is 16.7. The lowest BCUT2D eigenvalue weighted by atomic mass is 9.97. The lowest BCUT2D eigenvalue weighted by Crippen LogP contribution is -2.43. The highest BCUT2D eigenvalue weighted by atomic mass is 32.2. The van der Waals surface area contributed by atoms with Crippen LogP contribution in [0.5, 0.6) is 0 Å². The van der Waals surface area contributed by atoms with Crippen LogP contribution in [0.15, 0.2) is 53.6 Å². The van der Waals surface area contributed by atoms with Gasteiger partial charge in [-0.2, -0.15) is 31.4 Å². The number of hydrogen-bond donors (Lipinski definition) is 0. The van der Waals surface area contributed by atoms with Gasteiger partial charge in [-0.25, -0.2) is 17.2 Å². The number of benzene rings is 2.